The number of nitrogen functional groups attached to an aromatic ring is 1. The number of aromatic nitrogens is 1. The number of amides is 1. The number of nitrogens with two attached hydrogens (primary N) is 1. The van der Waals surface area contributed by atoms with Gasteiger partial charge in [0.15, 0.2) is 0 Å². The van der Waals surface area contributed by atoms with Gasteiger partial charge in [0, 0.05) is 22.2 Å². The third kappa shape index (κ3) is 2.87. The molecule has 0 unspecified atom stereocenters. The summed E-state index contributed by atoms with van der Waals surface area (Å²) in [7, 11) is 0. The Kier molecular flexibility index (Phi) is 3.73. The molecule has 0 spiro atoms. The third-order valence-electron chi connectivity index (χ3n) is 4.99. The van der Waals surface area contributed by atoms with Crippen molar-refractivity contribution in [3.05, 3.63) is 59.2 Å². The number of hydrogen-bond donors (Lipinski definition) is 2. The summed E-state index contributed by atoms with van der Waals surface area (Å²) < 4.78 is 2.12. The Bertz CT molecular complexity index is 958. The van der Waals surface area contributed by atoms with Gasteiger partial charge in [-0.2, -0.15) is 0 Å². The van der Waals surface area contributed by atoms with Crippen LogP contribution in [0.3, 0.4) is 0 Å². The van der Waals surface area contributed by atoms with E-state index < -0.39 is 0 Å². The second-order valence-corrected chi connectivity index (χ2v) is 7.39. The van der Waals surface area contributed by atoms with Gasteiger partial charge in [-0.1, -0.05) is 36.7 Å². The van der Waals surface area contributed by atoms with E-state index in [0.29, 0.717) is 17.3 Å². The summed E-state index contributed by atoms with van der Waals surface area (Å²) in [6, 6.07) is 15.9. The summed E-state index contributed by atoms with van der Waals surface area (Å²) in [5, 5.41) is 4.62. The second-order valence-electron chi connectivity index (χ2n) is 6.98. The van der Waals surface area contributed by atoms with Gasteiger partial charge in [-0.05, 0) is 43.2 Å². The molecular weight excluding hydrogens is 334 g/mol. The third-order valence-corrected chi connectivity index (χ3v) is 5.32. The van der Waals surface area contributed by atoms with Crippen molar-refractivity contribution in [3.63, 3.8) is 0 Å². The zero-order valence-corrected chi connectivity index (χ0v) is 14.8. The quantitative estimate of drug-likeness (QED) is 0.687. The zero-order valence-electron chi connectivity index (χ0n) is 14.1. The van der Waals surface area contributed by atoms with Gasteiger partial charge in [-0.15, -0.1) is 0 Å². The fourth-order valence-corrected chi connectivity index (χ4v) is 3.28. The smallest absolute Gasteiger partial charge is 0.226 e. The second kappa shape index (κ2) is 5.81. The maximum atomic E-state index is 12.3. The minimum Gasteiger partial charge on any atom is -0.397 e. The zero-order chi connectivity index (χ0) is 17.6. The van der Waals surface area contributed by atoms with E-state index in [0.717, 1.165) is 35.1 Å². The van der Waals surface area contributed by atoms with Gasteiger partial charge in [0.2, 0.25) is 5.91 Å². The molecule has 1 amide bonds. The molecule has 2 aromatic carbocycles. The molecule has 0 aliphatic heterocycles. The van der Waals surface area contributed by atoms with E-state index in [9.17, 15) is 4.79 Å². The summed E-state index contributed by atoms with van der Waals surface area (Å²) in [6.07, 6.45) is 1.93. The molecule has 5 heteroatoms. The normalized spacial score (nSPS) is 15.3. The van der Waals surface area contributed by atoms with Crippen molar-refractivity contribution in [1.29, 1.82) is 0 Å². The number of rotatable bonds is 4. The standard InChI is InChI=1S/C20H20ClN3O/c1-20(7-8-20)19(25)23-12-15-9-13-10-16(21)17(22)11-18(13)24(15)14-5-3-2-4-6-14/h2-6,9-11H,7-8,12,22H2,1H3,(H,23,25). The molecule has 3 aromatic rings. The topological polar surface area (TPSA) is 60.1 Å². The monoisotopic (exact) mass is 353 g/mol. The van der Waals surface area contributed by atoms with Gasteiger partial charge in [0.05, 0.1) is 22.8 Å². The number of halogens is 1. The Morgan fingerprint density at radius 2 is 1.96 bits per heavy atom. The molecule has 0 atom stereocenters. The SMILES string of the molecule is CC1(C(=O)NCc2cc3cc(Cl)c(N)cc3n2-c2ccccc2)CC1. The number of nitrogens with zero attached hydrogens (tertiary/aromatic N) is 1. The molecule has 1 aromatic heterocycles. The number of fused-ring (bicyclic) bond motifs is 1. The highest BCUT2D eigenvalue weighted by molar-refractivity contribution is 6.33. The maximum Gasteiger partial charge on any atom is 0.226 e. The number of nitrogens with one attached hydrogen (secondary N) is 1. The average molecular weight is 354 g/mol. The van der Waals surface area contributed by atoms with Crippen molar-refractivity contribution < 1.29 is 4.79 Å². The first-order chi connectivity index (χ1) is 12.0. The predicted molar refractivity (Wildman–Crippen MR) is 102 cm³/mol. The molecule has 1 aliphatic carbocycles. The molecule has 25 heavy (non-hydrogen) atoms. The summed E-state index contributed by atoms with van der Waals surface area (Å²) >= 11 is 6.19. The first-order valence-electron chi connectivity index (χ1n) is 8.41. The fourth-order valence-electron chi connectivity index (χ4n) is 3.11. The van der Waals surface area contributed by atoms with Crippen LogP contribution < -0.4 is 11.1 Å². The van der Waals surface area contributed by atoms with Crippen LogP contribution in [-0.2, 0) is 11.3 Å². The highest BCUT2D eigenvalue weighted by atomic mass is 35.5. The Balaban J connectivity index is 1.78. The molecule has 1 aliphatic rings. The lowest BCUT2D eigenvalue weighted by atomic mass is 10.1. The van der Waals surface area contributed by atoms with Crippen LogP contribution in [0.5, 0.6) is 0 Å². The van der Waals surface area contributed by atoms with Crippen LogP contribution >= 0.6 is 11.6 Å². The molecule has 4 rings (SSSR count). The van der Waals surface area contributed by atoms with E-state index in [2.05, 4.69) is 16.0 Å². The van der Waals surface area contributed by atoms with Crippen LogP contribution in [0.1, 0.15) is 25.5 Å². The Morgan fingerprint density at radius 3 is 2.64 bits per heavy atom. The van der Waals surface area contributed by atoms with Crippen molar-refractivity contribution in [2.75, 3.05) is 5.73 Å². The largest absolute Gasteiger partial charge is 0.397 e. The van der Waals surface area contributed by atoms with Gasteiger partial charge >= 0.3 is 0 Å². The highest BCUT2D eigenvalue weighted by Gasteiger charge is 2.44. The molecule has 4 nitrogen and oxygen atoms in total. The number of benzene rings is 2. The number of hydrogen-bond acceptors (Lipinski definition) is 2. The van der Waals surface area contributed by atoms with Crippen molar-refractivity contribution in [1.82, 2.24) is 9.88 Å². The first-order valence-corrected chi connectivity index (χ1v) is 8.79. The number of para-hydroxylation sites is 1. The van der Waals surface area contributed by atoms with E-state index in [1.807, 2.05) is 49.4 Å². The molecule has 1 saturated carbocycles. The summed E-state index contributed by atoms with van der Waals surface area (Å²) in [4.78, 5) is 12.3. The minimum atomic E-state index is -0.183. The van der Waals surface area contributed by atoms with Crippen molar-refractivity contribution in [2.24, 2.45) is 5.41 Å². The van der Waals surface area contributed by atoms with Crippen molar-refractivity contribution in [2.45, 2.75) is 26.3 Å². The lowest BCUT2D eigenvalue weighted by Crippen LogP contribution is -2.30. The van der Waals surface area contributed by atoms with Crippen LogP contribution in [0, 0.1) is 5.41 Å². The number of carbonyl (C=O) groups excluding carboxylic acids is 1. The minimum absolute atomic E-state index is 0.120. The van der Waals surface area contributed by atoms with Crippen LogP contribution in [0.2, 0.25) is 5.02 Å². The number of anilines is 1. The lowest BCUT2D eigenvalue weighted by molar-refractivity contribution is -0.125. The Morgan fingerprint density at radius 1 is 1.24 bits per heavy atom. The van der Waals surface area contributed by atoms with Gasteiger partial charge in [-0.25, -0.2) is 0 Å². The predicted octanol–water partition coefficient (Wildman–Crippen LogP) is 4.28. The molecule has 1 heterocycles. The van der Waals surface area contributed by atoms with E-state index in [1.165, 1.54) is 0 Å². The van der Waals surface area contributed by atoms with Crippen LogP contribution in [-0.4, -0.2) is 10.5 Å². The highest BCUT2D eigenvalue weighted by Crippen LogP contribution is 2.45. The maximum absolute atomic E-state index is 12.3. The Labute approximate surface area is 151 Å². The first kappa shape index (κ1) is 16.0. The van der Waals surface area contributed by atoms with E-state index in [4.69, 9.17) is 17.3 Å². The summed E-state index contributed by atoms with van der Waals surface area (Å²) in [5.74, 6) is 0.120. The molecule has 3 N–H and O–H groups in total. The summed E-state index contributed by atoms with van der Waals surface area (Å²) in [5.41, 5.74) is 9.39. The average Bonchev–Trinajstić information content (AvgIpc) is 3.27. The van der Waals surface area contributed by atoms with E-state index in [-0.39, 0.29) is 11.3 Å². The molecule has 1 fully saturated rings. The van der Waals surface area contributed by atoms with Crippen LogP contribution in [0.4, 0.5) is 5.69 Å². The van der Waals surface area contributed by atoms with Crippen LogP contribution in [0.15, 0.2) is 48.5 Å². The van der Waals surface area contributed by atoms with Gasteiger partial charge in [0.1, 0.15) is 0 Å². The van der Waals surface area contributed by atoms with Crippen molar-refractivity contribution >= 4 is 34.1 Å². The van der Waals surface area contributed by atoms with E-state index >= 15 is 0 Å². The van der Waals surface area contributed by atoms with Gasteiger partial charge in [-0.3, -0.25) is 4.79 Å². The van der Waals surface area contributed by atoms with Gasteiger partial charge in [0.25, 0.3) is 0 Å². The lowest BCUT2D eigenvalue weighted by Gasteiger charge is -2.14. The number of carbonyl (C=O) groups is 1. The molecule has 128 valence electrons. The molecular formula is C20H20ClN3O. The summed E-state index contributed by atoms with van der Waals surface area (Å²) in [6.45, 7) is 2.48. The van der Waals surface area contributed by atoms with E-state index in [1.54, 1.807) is 0 Å². The van der Waals surface area contributed by atoms with Gasteiger partial charge < -0.3 is 15.6 Å². The van der Waals surface area contributed by atoms with Crippen LogP contribution in [0.25, 0.3) is 16.6 Å². The fraction of sp³-hybridized carbons (Fsp3) is 0.250. The molecule has 0 radical (unpaired) electrons. The molecule has 0 saturated heterocycles. The molecule has 0 bridgehead atoms. The Hall–Kier alpha value is -2.46. The van der Waals surface area contributed by atoms with Crippen molar-refractivity contribution in [3.8, 4) is 5.69 Å².